The lowest BCUT2D eigenvalue weighted by Crippen LogP contribution is -2.42. The first-order chi connectivity index (χ1) is 9.58. The summed E-state index contributed by atoms with van der Waals surface area (Å²) in [4.78, 5) is 22.4. The van der Waals surface area contributed by atoms with Crippen molar-refractivity contribution in [1.82, 2.24) is 10.6 Å². The van der Waals surface area contributed by atoms with Crippen molar-refractivity contribution in [3.05, 3.63) is 38.3 Å². The van der Waals surface area contributed by atoms with Gasteiger partial charge in [-0.2, -0.15) is 0 Å². The minimum atomic E-state index is -0.406. The topological polar surface area (TPSA) is 84.3 Å². The van der Waals surface area contributed by atoms with Gasteiger partial charge in [-0.1, -0.05) is 15.9 Å². The highest BCUT2D eigenvalue weighted by Gasteiger charge is 2.21. The van der Waals surface area contributed by atoms with Crippen LogP contribution in [-0.4, -0.2) is 23.4 Å². The quantitative estimate of drug-likeness (QED) is 0.648. The Bertz CT molecular complexity index is 522. The lowest BCUT2D eigenvalue weighted by Gasteiger charge is -2.15. The van der Waals surface area contributed by atoms with Gasteiger partial charge in [0.1, 0.15) is 0 Å². The summed E-state index contributed by atoms with van der Waals surface area (Å²) in [5.41, 5.74) is 0.635. The molecule has 1 heterocycles. The molecular weight excluding hydrogens is 326 g/mol. The molecule has 0 spiro atoms. The van der Waals surface area contributed by atoms with Crippen molar-refractivity contribution in [2.75, 3.05) is 6.54 Å². The van der Waals surface area contributed by atoms with Crippen LogP contribution in [0.1, 0.15) is 24.8 Å². The average Bonchev–Trinajstić information content (AvgIpc) is 2.61. The maximum Gasteiger partial charge on any atom is 0.273 e. The molecule has 1 aliphatic rings. The van der Waals surface area contributed by atoms with Crippen molar-refractivity contribution < 1.29 is 9.72 Å². The predicted molar refractivity (Wildman–Crippen MR) is 78.3 cm³/mol. The molecule has 7 heteroatoms. The van der Waals surface area contributed by atoms with Crippen molar-refractivity contribution in [1.29, 1.82) is 0 Å². The molecule has 1 aliphatic heterocycles. The Morgan fingerprint density at radius 1 is 1.45 bits per heavy atom. The molecule has 1 aromatic carbocycles. The molecule has 1 amide bonds. The minimum absolute atomic E-state index is 0.0276. The van der Waals surface area contributed by atoms with Crippen molar-refractivity contribution in [3.63, 3.8) is 0 Å². The highest BCUT2D eigenvalue weighted by atomic mass is 79.9. The third-order valence-electron chi connectivity index (χ3n) is 3.31. The van der Waals surface area contributed by atoms with Gasteiger partial charge < -0.3 is 10.6 Å². The van der Waals surface area contributed by atoms with Crippen LogP contribution < -0.4 is 10.6 Å². The second-order valence-corrected chi connectivity index (χ2v) is 5.67. The summed E-state index contributed by atoms with van der Waals surface area (Å²) < 4.78 is 0.783. The SMILES string of the molecule is O=C1NCCCCC1NCc1cc(Br)ccc1[N+](=O)[O-]. The van der Waals surface area contributed by atoms with Gasteiger partial charge in [0.15, 0.2) is 0 Å². The van der Waals surface area contributed by atoms with Gasteiger partial charge in [0.25, 0.3) is 5.69 Å². The number of halogens is 1. The van der Waals surface area contributed by atoms with Crippen molar-refractivity contribution >= 4 is 27.5 Å². The lowest BCUT2D eigenvalue weighted by molar-refractivity contribution is -0.385. The zero-order chi connectivity index (χ0) is 14.5. The Morgan fingerprint density at radius 2 is 2.25 bits per heavy atom. The number of hydrogen-bond acceptors (Lipinski definition) is 4. The molecule has 1 saturated heterocycles. The largest absolute Gasteiger partial charge is 0.355 e. The molecule has 2 N–H and O–H groups in total. The van der Waals surface area contributed by atoms with Crippen LogP contribution in [0.15, 0.2) is 22.7 Å². The van der Waals surface area contributed by atoms with Gasteiger partial charge in [0.2, 0.25) is 5.91 Å². The molecule has 6 nitrogen and oxygen atoms in total. The number of carbonyl (C=O) groups is 1. The van der Waals surface area contributed by atoms with Gasteiger partial charge in [-0.3, -0.25) is 14.9 Å². The van der Waals surface area contributed by atoms with E-state index in [9.17, 15) is 14.9 Å². The summed E-state index contributed by atoms with van der Waals surface area (Å²) in [5, 5.41) is 16.9. The van der Waals surface area contributed by atoms with Gasteiger partial charge in [0, 0.05) is 29.2 Å². The predicted octanol–water partition coefficient (Wildman–Crippen LogP) is 2.12. The molecule has 0 aromatic heterocycles. The number of nitrogens with one attached hydrogen (secondary N) is 2. The van der Waals surface area contributed by atoms with E-state index >= 15 is 0 Å². The van der Waals surface area contributed by atoms with Crippen molar-refractivity contribution in [2.24, 2.45) is 0 Å². The van der Waals surface area contributed by atoms with Crippen LogP contribution in [-0.2, 0) is 11.3 Å². The molecule has 1 aromatic rings. The summed E-state index contributed by atoms with van der Waals surface area (Å²) in [6, 6.07) is 4.53. The van der Waals surface area contributed by atoms with Crippen LogP contribution in [0.25, 0.3) is 0 Å². The van der Waals surface area contributed by atoms with E-state index in [2.05, 4.69) is 26.6 Å². The van der Waals surface area contributed by atoms with E-state index in [1.54, 1.807) is 12.1 Å². The normalized spacial score (nSPS) is 19.2. The molecule has 108 valence electrons. The number of carbonyl (C=O) groups excluding carboxylic acids is 1. The van der Waals surface area contributed by atoms with E-state index < -0.39 is 4.92 Å². The maximum absolute atomic E-state index is 11.8. The van der Waals surface area contributed by atoms with Crippen LogP contribution in [0.5, 0.6) is 0 Å². The second-order valence-electron chi connectivity index (χ2n) is 4.75. The summed E-state index contributed by atoms with van der Waals surface area (Å²) in [6.07, 6.45) is 2.70. The van der Waals surface area contributed by atoms with Gasteiger partial charge in [-0.25, -0.2) is 0 Å². The zero-order valence-electron chi connectivity index (χ0n) is 10.9. The Kier molecular flexibility index (Phi) is 5.08. The van der Waals surface area contributed by atoms with E-state index in [4.69, 9.17) is 0 Å². The third-order valence-corrected chi connectivity index (χ3v) is 3.81. The highest BCUT2D eigenvalue weighted by molar-refractivity contribution is 9.10. The van der Waals surface area contributed by atoms with E-state index in [0.717, 1.165) is 23.7 Å². The van der Waals surface area contributed by atoms with E-state index in [0.29, 0.717) is 18.7 Å². The first kappa shape index (κ1) is 14.9. The number of amides is 1. The standard InChI is InChI=1S/C13H16BrN3O3/c14-10-4-5-12(17(19)20)9(7-10)8-16-11-3-1-2-6-15-13(11)18/h4-5,7,11,16H,1-3,6,8H2,(H,15,18). The van der Waals surface area contributed by atoms with Gasteiger partial charge >= 0.3 is 0 Å². The number of nitro benzene ring substituents is 1. The molecule has 1 unspecified atom stereocenters. The van der Waals surface area contributed by atoms with Gasteiger partial charge in [-0.05, 0) is 31.4 Å². The van der Waals surface area contributed by atoms with Crippen LogP contribution >= 0.6 is 15.9 Å². The monoisotopic (exact) mass is 341 g/mol. The third kappa shape index (κ3) is 3.77. The van der Waals surface area contributed by atoms with Crippen molar-refractivity contribution in [2.45, 2.75) is 31.8 Å². The fourth-order valence-electron chi connectivity index (χ4n) is 2.24. The number of hydrogen-bond donors (Lipinski definition) is 2. The maximum atomic E-state index is 11.8. The van der Waals surface area contributed by atoms with E-state index in [1.807, 2.05) is 0 Å². The molecule has 0 saturated carbocycles. The number of nitrogens with zero attached hydrogens (tertiary/aromatic N) is 1. The Labute approximate surface area is 125 Å². The van der Waals surface area contributed by atoms with Gasteiger partial charge in [-0.15, -0.1) is 0 Å². The van der Waals surface area contributed by atoms with Crippen LogP contribution in [0.2, 0.25) is 0 Å². The number of rotatable bonds is 4. The molecule has 20 heavy (non-hydrogen) atoms. The smallest absolute Gasteiger partial charge is 0.273 e. The fraction of sp³-hybridized carbons (Fsp3) is 0.462. The fourth-order valence-corrected chi connectivity index (χ4v) is 2.65. The minimum Gasteiger partial charge on any atom is -0.355 e. The molecule has 2 rings (SSSR count). The van der Waals surface area contributed by atoms with Crippen LogP contribution in [0.3, 0.4) is 0 Å². The van der Waals surface area contributed by atoms with Crippen LogP contribution in [0, 0.1) is 10.1 Å². The summed E-state index contributed by atoms with van der Waals surface area (Å²) >= 11 is 3.31. The summed E-state index contributed by atoms with van der Waals surface area (Å²) in [6.45, 7) is 1.00. The number of nitro groups is 1. The highest BCUT2D eigenvalue weighted by Crippen LogP contribution is 2.23. The Hall–Kier alpha value is -1.47. The van der Waals surface area contributed by atoms with Gasteiger partial charge in [0.05, 0.1) is 11.0 Å². The first-order valence-corrected chi connectivity index (χ1v) is 7.31. The van der Waals surface area contributed by atoms with Crippen LogP contribution in [0.4, 0.5) is 5.69 Å². The first-order valence-electron chi connectivity index (χ1n) is 6.52. The Morgan fingerprint density at radius 3 is 3.00 bits per heavy atom. The van der Waals surface area contributed by atoms with E-state index in [-0.39, 0.29) is 17.6 Å². The molecule has 0 bridgehead atoms. The number of benzene rings is 1. The molecule has 0 aliphatic carbocycles. The molecule has 1 fully saturated rings. The zero-order valence-corrected chi connectivity index (χ0v) is 12.5. The Balaban J connectivity index is 2.07. The second kappa shape index (κ2) is 6.81. The summed E-state index contributed by atoms with van der Waals surface area (Å²) in [5.74, 6) is -0.0276. The molecule has 0 radical (unpaired) electrons. The lowest BCUT2D eigenvalue weighted by atomic mass is 10.1. The average molecular weight is 342 g/mol. The van der Waals surface area contributed by atoms with Crippen molar-refractivity contribution in [3.8, 4) is 0 Å². The summed E-state index contributed by atoms with van der Waals surface area (Å²) in [7, 11) is 0. The molecule has 1 atom stereocenters. The van der Waals surface area contributed by atoms with E-state index in [1.165, 1.54) is 6.07 Å². The molecular formula is C13H16BrN3O3.